The molecule has 3 rings (SSSR count). The molecule has 0 unspecified atom stereocenters. The normalized spacial score (nSPS) is 15.0. The number of halogens is 1. The summed E-state index contributed by atoms with van der Waals surface area (Å²) in [7, 11) is -3.74. The molecule has 0 aliphatic carbocycles. The number of hydrogen-bond donors (Lipinski definition) is 2. The van der Waals surface area contributed by atoms with Crippen molar-refractivity contribution in [2.24, 2.45) is 0 Å². The van der Waals surface area contributed by atoms with Gasteiger partial charge in [-0.1, -0.05) is 6.07 Å². The Labute approximate surface area is 159 Å². The van der Waals surface area contributed by atoms with Crippen LogP contribution >= 0.6 is 0 Å². The van der Waals surface area contributed by atoms with Crippen LogP contribution in [0, 0.1) is 12.7 Å². The van der Waals surface area contributed by atoms with Gasteiger partial charge in [0.2, 0.25) is 10.0 Å². The van der Waals surface area contributed by atoms with Crippen molar-refractivity contribution in [3.05, 3.63) is 42.0 Å². The Morgan fingerprint density at radius 2 is 1.89 bits per heavy atom. The van der Waals surface area contributed by atoms with Gasteiger partial charge < -0.3 is 10.2 Å². The molecule has 2 heterocycles. The van der Waals surface area contributed by atoms with Gasteiger partial charge in [0.15, 0.2) is 0 Å². The van der Waals surface area contributed by atoms with Crippen molar-refractivity contribution in [3.8, 4) is 0 Å². The van der Waals surface area contributed by atoms with E-state index in [2.05, 4.69) is 24.9 Å². The van der Waals surface area contributed by atoms with Gasteiger partial charge in [0.25, 0.3) is 0 Å². The van der Waals surface area contributed by atoms with E-state index in [-0.39, 0.29) is 11.4 Å². The number of aryl methyl sites for hydroxylation is 1. The maximum Gasteiger partial charge on any atom is 0.240 e. The minimum atomic E-state index is -3.74. The second-order valence-corrected chi connectivity index (χ2v) is 8.26. The number of benzene rings is 1. The quantitative estimate of drug-likeness (QED) is 0.702. The summed E-state index contributed by atoms with van der Waals surface area (Å²) in [4.78, 5) is 11.0. The maximum atomic E-state index is 13.2. The van der Waals surface area contributed by atoms with E-state index in [1.165, 1.54) is 24.6 Å². The highest BCUT2D eigenvalue weighted by molar-refractivity contribution is 7.89. The zero-order chi connectivity index (χ0) is 19.3. The van der Waals surface area contributed by atoms with Gasteiger partial charge in [-0.25, -0.2) is 27.5 Å². The molecule has 1 aliphatic heterocycles. The zero-order valence-electron chi connectivity index (χ0n) is 15.3. The van der Waals surface area contributed by atoms with Crippen molar-refractivity contribution >= 4 is 21.7 Å². The van der Waals surface area contributed by atoms with Crippen molar-refractivity contribution in [1.82, 2.24) is 14.7 Å². The van der Waals surface area contributed by atoms with Crippen LogP contribution in [0.25, 0.3) is 0 Å². The lowest BCUT2D eigenvalue weighted by molar-refractivity contribution is 0.572. The summed E-state index contributed by atoms with van der Waals surface area (Å²) in [5, 5.41) is 3.12. The largest absolute Gasteiger partial charge is 0.369 e. The molecule has 0 bridgehead atoms. The van der Waals surface area contributed by atoms with Gasteiger partial charge in [0.05, 0.1) is 4.90 Å². The average molecular weight is 393 g/mol. The zero-order valence-corrected chi connectivity index (χ0v) is 16.1. The fourth-order valence-corrected chi connectivity index (χ4v) is 4.08. The first kappa shape index (κ1) is 19.5. The molecule has 2 aromatic rings. The summed E-state index contributed by atoms with van der Waals surface area (Å²) in [5.41, 5.74) is 0. The highest BCUT2D eigenvalue weighted by atomic mass is 32.2. The number of nitrogens with zero attached hydrogens (tertiary/aromatic N) is 3. The molecule has 1 aromatic heterocycles. The van der Waals surface area contributed by atoms with Gasteiger partial charge in [-0.05, 0) is 44.4 Å². The number of hydrogen-bond acceptors (Lipinski definition) is 6. The van der Waals surface area contributed by atoms with Gasteiger partial charge in [-0.15, -0.1) is 0 Å². The second-order valence-electron chi connectivity index (χ2n) is 6.49. The number of sulfonamides is 1. The van der Waals surface area contributed by atoms with Crippen molar-refractivity contribution in [2.45, 2.75) is 31.1 Å². The third-order valence-corrected chi connectivity index (χ3v) is 5.79. The smallest absolute Gasteiger partial charge is 0.240 e. The molecule has 0 amide bonds. The summed E-state index contributed by atoms with van der Waals surface area (Å²) < 4.78 is 40.0. The topological polar surface area (TPSA) is 87.2 Å². The van der Waals surface area contributed by atoms with Gasteiger partial charge >= 0.3 is 0 Å². The third kappa shape index (κ3) is 5.36. The Morgan fingerprint density at radius 3 is 2.63 bits per heavy atom. The Morgan fingerprint density at radius 1 is 1.11 bits per heavy atom. The van der Waals surface area contributed by atoms with E-state index in [1.807, 2.05) is 13.0 Å². The van der Waals surface area contributed by atoms with E-state index in [4.69, 9.17) is 0 Å². The lowest BCUT2D eigenvalue weighted by Gasteiger charge is -2.28. The van der Waals surface area contributed by atoms with Crippen LogP contribution in [0.5, 0.6) is 0 Å². The fourth-order valence-electron chi connectivity index (χ4n) is 3.02. The number of rotatable bonds is 7. The SMILES string of the molecule is Cc1nc(NCCNS(=O)(=O)c2cccc(F)c2)cc(N2CCCCC2)n1. The standard InChI is InChI=1S/C18H24FN5O2S/c1-14-22-17(13-18(23-14)24-10-3-2-4-11-24)20-8-9-21-27(25,26)16-7-5-6-15(19)12-16/h5-7,12-13,21H,2-4,8-11H2,1H3,(H,20,22,23). The molecule has 146 valence electrons. The number of aromatic nitrogens is 2. The van der Waals surface area contributed by atoms with Crippen LogP contribution in [0.15, 0.2) is 35.2 Å². The molecule has 1 aromatic carbocycles. The fraction of sp³-hybridized carbons (Fsp3) is 0.444. The molecule has 1 aliphatic rings. The molecule has 27 heavy (non-hydrogen) atoms. The summed E-state index contributed by atoms with van der Waals surface area (Å²) in [6.07, 6.45) is 3.57. The molecule has 1 fully saturated rings. The predicted octanol–water partition coefficient (Wildman–Crippen LogP) is 2.30. The molecule has 0 saturated carbocycles. The second kappa shape index (κ2) is 8.62. The van der Waals surface area contributed by atoms with Crippen LogP contribution in [-0.4, -0.2) is 44.6 Å². The lowest BCUT2D eigenvalue weighted by Crippen LogP contribution is -2.31. The van der Waals surface area contributed by atoms with E-state index in [9.17, 15) is 12.8 Å². The summed E-state index contributed by atoms with van der Waals surface area (Å²) >= 11 is 0. The first-order valence-corrected chi connectivity index (χ1v) is 10.5. The van der Waals surface area contributed by atoms with Crippen molar-refractivity contribution < 1.29 is 12.8 Å². The Bertz CT molecular complexity index is 885. The van der Waals surface area contributed by atoms with Crippen molar-refractivity contribution in [1.29, 1.82) is 0 Å². The highest BCUT2D eigenvalue weighted by Gasteiger charge is 2.15. The molecule has 0 radical (unpaired) electrons. The van der Waals surface area contributed by atoms with Crippen LogP contribution in [-0.2, 0) is 10.0 Å². The Kier molecular flexibility index (Phi) is 6.22. The monoisotopic (exact) mass is 393 g/mol. The Hall–Kier alpha value is -2.26. The molecular formula is C18H24FN5O2S. The molecule has 1 saturated heterocycles. The van der Waals surface area contributed by atoms with Crippen molar-refractivity contribution in [2.75, 3.05) is 36.4 Å². The van der Waals surface area contributed by atoms with E-state index < -0.39 is 15.8 Å². The molecule has 2 N–H and O–H groups in total. The highest BCUT2D eigenvalue weighted by Crippen LogP contribution is 2.20. The summed E-state index contributed by atoms with van der Waals surface area (Å²) in [5.74, 6) is 1.64. The summed E-state index contributed by atoms with van der Waals surface area (Å²) in [6.45, 7) is 4.32. The Balaban J connectivity index is 1.56. The van der Waals surface area contributed by atoms with E-state index in [1.54, 1.807) is 0 Å². The first-order valence-electron chi connectivity index (χ1n) is 9.04. The number of piperidine rings is 1. The first-order chi connectivity index (χ1) is 12.9. The maximum absolute atomic E-state index is 13.2. The molecule has 0 spiro atoms. The third-order valence-electron chi connectivity index (χ3n) is 4.33. The average Bonchev–Trinajstić information content (AvgIpc) is 2.66. The van der Waals surface area contributed by atoms with Gasteiger partial charge in [0.1, 0.15) is 23.3 Å². The molecule has 0 atom stereocenters. The number of nitrogens with one attached hydrogen (secondary N) is 2. The minimum Gasteiger partial charge on any atom is -0.369 e. The predicted molar refractivity (Wildman–Crippen MR) is 103 cm³/mol. The number of anilines is 2. The lowest BCUT2D eigenvalue weighted by atomic mass is 10.1. The van der Waals surface area contributed by atoms with Crippen LogP contribution in [0.2, 0.25) is 0 Å². The van der Waals surface area contributed by atoms with E-state index >= 15 is 0 Å². The van der Waals surface area contributed by atoms with Crippen LogP contribution < -0.4 is 14.9 Å². The van der Waals surface area contributed by atoms with E-state index in [0.717, 1.165) is 37.8 Å². The van der Waals surface area contributed by atoms with E-state index in [0.29, 0.717) is 18.2 Å². The molecule has 7 nitrogen and oxygen atoms in total. The minimum absolute atomic E-state index is 0.0900. The molecular weight excluding hydrogens is 369 g/mol. The van der Waals surface area contributed by atoms with Crippen LogP contribution in [0.4, 0.5) is 16.0 Å². The molecule has 9 heteroatoms. The van der Waals surface area contributed by atoms with Gasteiger partial charge in [-0.3, -0.25) is 0 Å². The summed E-state index contributed by atoms with van der Waals surface area (Å²) in [6, 6.07) is 6.82. The van der Waals surface area contributed by atoms with Gasteiger partial charge in [0, 0.05) is 32.2 Å². The van der Waals surface area contributed by atoms with Crippen molar-refractivity contribution in [3.63, 3.8) is 0 Å². The van der Waals surface area contributed by atoms with Gasteiger partial charge in [-0.2, -0.15) is 0 Å². The van der Waals surface area contributed by atoms with Crippen LogP contribution in [0.1, 0.15) is 25.1 Å². The van der Waals surface area contributed by atoms with Crippen LogP contribution in [0.3, 0.4) is 0 Å².